The van der Waals surface area contributed by atoms with E-state index in [1.165, 1.54) is 62.3 Å². The number of hydrogen-bond donors (Lipinski definition) is 0. The maximum absolute atomic E-state index is 4.34. The van der Waals surface area contributed by atoms with E-state index < -0.39 is 0 Å². The maximum Gasteiger partial charge on any atom is 0.0992 e. The van der Waals surface area contributed by atoms with Gasteiger partial charge in [0.25, 0.3) is 0 Å². The van der Waals surface area contributed by atoms with Crippen molar-refractivity contribution in [2.45, 2.75) is 57.3 Å². The van der Waals surface area contributed by atoms with Crippen LogP contribution in [0.1, 0.15) is 62.0 Å². The van der Waals surface area contributed by atoms with Crippen LogP contribution in [0.15, 0.2) is 67.4 Å². The summed E-state index contributed by atoms with van der Waals surface area (Å²) >= 11 is 0. The van der Waals surface area contributed by atoms with Gasteiger partial charge in [-0.25, -0.2) is 4.98 Å². The van der Waals surface area contributed by atoms with Crippen molar-refractivity contribution in [3.05, 3.63) is 78.5 Å². The number of imidazole rings is 1. The van der Waals surface area contributed by atoms with Crippen LogP contribution in [0.3, 0.4) is 0 Å². The number of aromatic nitrogens is 3. The number of fused-ring (bicyclic) bond motifs is 2. The van der Waals surface area contributed by atoms with Crippen molar-refractivity contribution in [1.82, 2.24) is 14.4 Å². The van der Waals surface area contributed by atoms with Crippen molar-refractivity contribution in [3.8, 4) is 0 Å². The Bertz CT molecular complexity index is 1020. The minimum Gasteiger partial charge on any atom is -0.306 e. The third kappa shape index (κ3) is 4.19. The third-order valence-corrected chi connectivity index (χ3v) is 6.49. The molecule has 0 spiro atoms. The van der Waals surface area contributed by atoms with Crippen LogP contribution in [-0.4, -0.2) is 14.4 Å². The van der Waals surface area contributed by atoms with Crippen LogP contribution in [-0.2, 0) is 6.42 Å². The van der Waals surface area contributed by atoms with E-state index in [4.69, 9.17) is 0 Å². The predicted octanol–water partition coefficient (Wildman–Crippen LogP) is 6.57. The fourth-order valence-electron chi connectivity index (χ4n) is 4.76. The number of rotatable bonds is 3. The molecule has 0 unspecified atom stereocenters. The Kier molecular flexibility index (Phi) is 5.29. The smallest absolute Gasteiger partial charge is 0.0992 e. The van der Waals surface area contributed by atoms with E-state index in [1.807, 2.05) is 36.8 Å². The zero-order chi connectivity index (χ0) is 19.5. The second-order valence-electron chi connectivity index (χ2n) is 8.61. The predicted molar refractivity (Wildman–Crippen MR) is 119 cm³/mol. The summed E-state index contributed by atoms with van der Waals surface area (Å²) in [6.45, 7) is 0. The summed E-state index contributed by atoms with van der Waals surface area (Å²) in [6, 6.07) is 14.4. The Hall–Kier alpha value is -2.68. The fraction of sp³-hybridized carbons (Fsp3) is 0.385. The highest BCUT2D eigenvalue weighted by Crippen LogP contribution is 2.43. The van der Waals surface area contributed by atoms with Gasteiger partial charge in [0.15, 0.2) is 0 Å². The van der Waals surface area contributed by atoms with Crippen LogP contribution < -0.4 is 0 Å². The molecular weight excluding hydrogens is 354 g/mol. The molecule has 0 N–H and O–H groups in total. The first-order chi connectivity index (χ1) is 14.4. The summed E-state index contributed by atoms with van der Waals surface area (Å²) in [6.07, 6.45) is 19.2. The zero-order valence-electron chi connectivity index (χ0n) is 17.0. The monoisotopic (exact) mass is 383 g/mol. The highest BCUT2D eigenvalue weighted by Gasteiger charge is 2.28. The molecule has 2 aliphatic carbocycles. The summed E-state index contributed by atoms with van der Waals surface area (Å²) in [4.78, 5) is 8.52. The molecule has 0 bridgehead atoms. The summed E-state index contributed by atoms with van der Waals surface area (Å²) in [7, 11) is 0. The first kappa shape index (κ1) is 18.4. The molecule has 0 saturated heterocycles. The fourth-order valence-corrected chi connectivity index (χ4v) is 4.76. The minimum atomic E-state index is 0.846. The van der Waals surface area contributed by atoms with Crippen LogP contribution in [0.4, 0.5) is 0 Å². The van der Waals surface area contributed by atoms with Gasteiger partial charge in [-0.05, 0) is 60.4 Å². The van der Waals surface area contributed by atoms with Gasteiger partial charge in [0.05, 0.1) is 23.6 Å². The highest BCUT2D eigenvalue weighted by molar-refractivity contribution is 5.77. The van der Waals surface area contributed by atoms with Gasteiger partial charge in [0.1, 0.15) is 0 Å². The van der Waals surface area contributed by atoms with Crippen molar-refractivity contribution >= 4 is 16.4 Å². The van der Waals surface area contributed by atoms with Gasteiger partial charge < -0.3 is 4.40 Å². The van der Waals surface area contributed by atoms with Crippen molar-refractivity contribution in [1.29, 1.82) is 0 Å². The number of benzene rings is 1. The second kappa shape index (κ2) is 8.36. The summed E-state index contributed by atoms with van der Waals surface area (Å²) in [5.74, 6) is 1.76. The molecule has 2 saturated carbocycles. The Morgan fingerprint density at radius 2 is 1.72 bits per heavy atom. The van der Waals surface area contributed by atoms with Gasteiger partial charge in [-0.3, -0.25) is 4.98 Å². The number of nitrogens with zero attached hydrogens (tertiary/aromatic N) is 3. The Morgan fingerprint density at radius 3 is 2.55 bits per heavy atom. The third-order valence-electron chi connectivity index (χ3n) is 6.49. The van der Waals surface area contributed by atoms with E-state index in [2.05, 4.69) is 45.0 Å². The topological polar surface area (TPSA) is 30.2 Å². The van der Waals surface area contributed by atoms with Gasteiger partial charge in [0.2, 0.25) is 0 Å². The minimum absolute atomic E-state index is 0.846. The average Bonchev–Trinajstić information content (AvgIpc) is 3.51. The molecule has 6 rings (SSSR count). The van der Waals surface area contributed by atoms with Crippen LogP contribution in [0.5, 0.6) is 0 Å². The van der Waals surface area contributed by atoms with E-state index in [0.717, 1.165) is 17.4 Å². The molecule has 3 heteroatoms. The molecular formula is C26H29N3. The highest BCUT2D eigenvalue weighted by atomic mass is 15.0. The number of para-hydroxylation sites is 1. The molecule has 0 amide bonds. The van der Waals surface area contributed by atoms with Gasteiger partial charge >= 0.3 is 0 Å². The molecule has 29 heavy (non-hydrogen) atoms. The lowest BCUT2D eigenvalue weighted by Gasteiger charge is -2.23. The van der Waals surface area contributed by atoms with E-state index in [-0.39, 0.29) is 0 Å². The van der Waals surface area contributed by atoms with Gasteiger partial charge in [-0.1, -0.05) is 56.4 Å². The summed E-state index contributed by atoms with van der Waals surface area (Å²) in [5.41, 5.74) is 5.65. The molecule has 0 radical (unpaired) electrons. The van der Waals surface area contributed by atoms with Crippen LogP contribution in [0.25, 0.3) is 16.4 Å². The first-order valence-corrected chi connectivity index (χ1v) is 11.1. The molecule has 3 nitrogen and oxygen atoms in total. The number of pyridine rings is 2. The normalized spacial score (nSPS) is 17.2. The molecule has 4 aromatic rings. The van der Waals surface area contributed by atoms with E-state index in [1.54, 1.807) is 11.1 Å². The molecule has 0 atom stereocenters. The maximum atomic E-state index is 4.34. The lowest BCUT2D eigenvalue weighted by Crippen LogP contribution is -2.11. The van der Waals surface area contributed by atoms with Gasteiger partial charge in [-0.15, -0.1) is 0 Å². The van der Waals surface area contributed by atoms with Crippen molar-refractivity contribution in [2.24, 2.45) is 5.92 Å². The second-order valence-corrected chi connectivity index (χ2v) is 8.61. The lowest BCUT2D eigenvalue weighted by atomic mass is 9.83. The van der Waals surface area contributed by atoms with E-state index in [9.17, 15) is 0 Å². The Balaban J connectivity index is 0.000000153. The standard InChI is InChI=1S/C17H22N2.C9H7N/c1-2-4-13(5-3-1)10-16-15(14-6-7-14)8-9-19-12-18-11-17(16)19;1-2-6-9-8(4-1)5-3-7-10-9/h8-9,11-14H,1-7,10H2;1-7H. The molecule has 3 heterocycles. The molecule has 1 aromatic carbocycles. The Morgan fingerprint density at radius 1 is 0.897 bits per heavy atom. The SMILES string of the molecule is c1ccc2ncccc2c1.c1cn2cncc2c(CC2CCCCC2)c1C1CC1. The van der Waals surface area contributed by atoms with E-state index in [0.29, 0.717) is 0 Å². The van der Waals surface area contributed by atoms with E-state index >= 15 is 0 Å². The number of hydrogen-bond acceptors (Lipinski definition) is 2. The average molecular weight is 384 g/mol. The van der Waals surface area contributed by atoms with Crippen molar-refractivity contribution < 1.29 is 0 Å². The summed E-state index contributed by atoms with van der Waals surface area (Å²) < 4.78 is 2.20. The summed E-state index contributed by atoms with van der Waals surface area (Å²) in [5, 5.41) is 1.20. The first-order valence-electron chi connectivity index (χ1n) is 11.1. The Labute approximate surface area is 172 Å². The molecule has 3 aromatic heterocycles. The largest absolute Gasteiger partial charge is 0.306 e. The lowest BCUT2D eigenvalue weighted by molar-refractivity contribution is 0.356. The molecule has 148 valence electrons. The van der Waals surface area contributed by atoms with Crippen molar-refractivity contribution in [3.63, 3.8) is 0 Å². The quantitative estimate of drug-likeness (QED) is 0.400. The zero-order valence-corrected chi connectivity index (χ0v) is 17.0. The van der Waals surface area contributed by atoms with Gasteiger partial charge in [0, 0.05) is 17.8 Å². The molecule has 0 aliphatic heterocycles. The van der Waals surface area contributed by atoms with Crippen molar-refractivity contribution in [2.75, 3.05) is 0 Å². The molecule has 2 aliphatic rings. The van der Waals surface area contributed by atoms with Crippen LogP contribution in [0.2, 0.25) is 0 Å². The molecule has 2 fully saturated rings. The van der Waals surface area contributed by atoms with Gasteiger partial charge in [-0.2, -0.15) is 0 Å². The van der Waals surface area contributed by atoms with Crippen LogP contribution in [0, 0.1) is 5.92 Å². The van der Waals surface area contributed by atoms with Crippen LogP contribution >= 0.6 is 0 Å².